The summed E-state index contributed by atoms with van der Waals surface area (Å²) >= 11 is 0. The summed E-state index contributed by atoms with van der Waals surface area (Å²) in [6.45, 7) is 3.12. The van der Waals surface area contributed by atoms with Crippen molar-refractivity contribution in [3.8, 4) is 0 Å². The minimum Gasteiger partial charge on any atom is -0.314 e. The molecule has 122 valence electrons. The fourth-order valence-corrected chi connectivity index (χ4v) is 4.61. The summed E-state index contributed by atoms with van der Waals surface area (Å²) in [7, 11) is 0. The molecule has 4 unspecified atom stereocenters. The van der Waals surface area contributed by atoms with Gasteiger partial charge in [0.15, 0.2) is 0 Å². The summed E-state index contributed by atoms with van der Waals surface area (Å²) in [6, 6.07) is 0.768. The molecular formula is C16H27F3N2. The van der Waals surface area contributed by atoms with E-state index in [-0.39, 0.29) is 6.04 Å². The summed E-state index contributed by atoms with van der Waals surface area (Å²) in [4.78, 5) is 2.38. The number of hydrogen-bond acceptors (Lipinski definition) is 2. The van der Waals surface area contributed by atoms with E-state index in [9.17, 15) is 13.2 Å². The number of nitrogens with zero attached hydrogens (tertiary/aromatic N) is 1. The summed E-state index contributed by atoms with van der Waals surface area (Å²) in [5.41, 5.74) is 0. The highest BCUT2D eigenvalue weighted by Crippen LogP contribution is 2.40. The number of halogens is 3. The lowest BCUT2D eigenvalue weighted by Crippen LogP contribution is -2.49. The van der Waals surface area contributed by atoms with E-state index >= 15 is 0 Å². The Balaban J connectivity index is 1.57. The van der Waals surface area contributed by atoms with E-state index in [4.69, 9.17) is 0 Å². The number of hydrogen-bond donors (Lipinski definition) is 1. The molecule has 1 aliphatic carbocycles. The van der Waals surface area contributed by atoms with Gasteiger partial charge < -0.3 is 10.2 Å². The van der Waals surface area contributed by atoms with Crippen LogP contribution in [-0.4, -0.2) is 42.8 Å². The van der Waals surface area contributed by atoms with Gasteiger partial charge in [0.25, 0.3) is 0 Å². The molecule has 1 saturated carbocycles. The first-order valence-corrected chi connectivity index (χ1v) is 8.58. The van der Waals surface area contributed by atoms with Gasteiger partial charge in [-0.05, 0) is 64.0 Å². The van der Waals surface area contributed by atoms with E-state index in [1.165, 1.54) is 19.3 Å². The van der Waals surface area contributed by atoms with Gasteiger partial charge in [-0.2, -0.15) is 13.2 Å². The molecule has 0 amide bonds. The van der Waals surface area contributed by atoms with Crippen LogP contribution < -0.4 is 5.32 Å². The van der Waals surface area contributed by atoms with Gasteiger partial charge in [-0.1, -0.05) is 6.42 Å². The molecule has 3 fully saturated rings. The van der Waals surface area contributed by atoms with Gasteiger partial charge in [-0.15, -0.1) is 0 Å². The lowest BCUT2D eigenvalue weighted by atomic mass is 9.82. The fraction of sp³-hybridized carbons (Fsp3) is 1.00. The van der Waals surface area contributed by atoms with Crippen molar-refractivity contribution in [3.63, 3.8) is 0 Å². The summed E-state index contributed by atoms with van der Waals surface area (Å²) in [5, 5.41) is 3.58. The standard InChI is InChI=1S/C16H27F3N2/c17-16(18,19)13-5-1-6-14(10-13)21-9-3-4-12(11-21)15-7-2-8-20-15/h12-15,20H,1-11H2. The van der Waals surface area contributed by atoms with E-state index in [0.29, 0.717) is 24.8 Å². The summed E-state index contributed by atoms with van der Waals surface area (Å²) in [5.74, 6) is -0.422. The minimum atomic E-state index is -4.00. The Labute approximate surface area is 125 Å². The molecule has 0 bridgehead atoms. The van der Waals surface area contributed by atoms with Crippen molar-refractivity contribution >= 4 is 0 Å². The van der Waals surface area contributed by atoms with Crippen LogP contribution in [0, 0.1) is 11.8 Å². The van der Waals surface area contributed by atoms with Gasteiger partial charge in [0.1, 0.15) is 0 Å². The molecule has 2 aliphatic heterocycles. The molecule has 0 spiro atoms. The monoisotopic (exact) mass is 304 g/mol. The molecular weight excluding hydrogens is 277 g/mol. The molecule has 0 aromatic heterocycles. The maximum Gasteiger partial charge on any atom is 0.391 e. The van der Waals surface area contributed by atoms with Crippen molar-refractivity contribution in [2.24, 2.45) is 11.8 Å². The van der Waals surface area contributed by atoms with Gasteiger partial charge in [-0.25, -0.2) is 0 Å². The molecule has 0 aromatic carbocycles. The Kier molecular flexibility index (Phi) is 4.79. The first kappa shape index (κ1) is 15.6. The Bertz CT molecular complexity index is 339. The van der Waals surface area contributed by atoms with Crippen molar-refractivity contribution < 1.29 is 13.2 Å². The average molecular weight is 304 g/mol. The first-order chi connectivity index (χ1) is 10.0. The third-order valence-electron chi connectivity index (χ3n) is 5.78. The zero-order valence-electron chi connectivity index (χ0n) is 12.7. The Morgan fingerprint density at radius 3 is 2.52 bits per heavy atom. The highest BCUT2D eigenvalue weighted by atomic mass is 19.4. The second-order valence-electron chi connectivity index (χ2n) is 7.16. The lowest BCUT2D eigenvalue weighted by Gasteiger charge is -2.43. The third kappa shape index (κ3) is 3.73. The Hall–Kier alpha value is -0.290. The van der Waals surface area contributed by atoms with Crippen LogP contribution in [0.25, 0.3) is 0 Å². The zero-order chi connectivity index (χ0) is 14.9. The number of alkyl halides is 3. The Morgan fingerprint density at radius 2 is 1.81 bits per heavy atom. The predicted molar refractivity (Wildman–Crippen MR) is 77.1 cm³/mol. The van der Waals surface area contributed by atoms with E-state index in [1.54, 1.807) is 0 Å². The van der Waals surface area contributed by atoms with E-state index < -0.39 is 12.1 Å². The van der Waals surface area contributed by atoms with Gasteiger partial charge in [-0.3, -0.25) is 0 Å². The van der Waals surface area contributed by atoms with Gasteiger partial charge >= 0.3 is 6.18 Å². The zero-order valence-corrected chi connectivity index (χ0v) is 12.7. The molecule has 1 N–H and O–H groups in total. The van der Waals surface area contributed by atoms with E-state index in [1.807, 2.05) is 0 Å². The van der Waals surface area contributed by atoms with Crippen molar-refractivity contribution in [3.05, 3.63) is 0 Å². The summed E-state index contributed by atoms with van der Waals surface area (Å²) < 4.78 is 38.9. The van der Waals surface area contributed by atoms with Crippen LogP contribution in [0.1, 0.15) is 51.4 Å². The van der Waals surface area contributed by atoms with Crippen molar-refractivity contribution in [2.75, 3.05) is 19.6 Å². The van der Waals surface area contributed by atoms with Crippen LogP contribution in [0.3, 0.4) is 0 Å². The van der Waals surface area contributed by atoms with E-state index in [2.05, 4.69) is 10.2 Å². The highest BCUT2D eigenvalue weighted by Gasteiger charge is 2.44. The second kappa shape index (κ2) is 6.45. The average Bonchev–Trinajstić information content (AvgIpc) is 3.01. The first-order valence-electron chi connectivity index (χ1n) is 8.58. The molecule has 3 aliphatic rings. The number of nitrogens with one attached hydrogen (secondary N) is 1. The molecule has 0 aromatic rings. The molecule has 2 heterocycles. The van der Waals surface area contributed by atoms with Gasteiger partial charge in [0, 0.05) is 18.6 Å². The van der Waals surface area contributed by atoms with Crippen LogP contribution >= 0.6 is 0 Å². The van der Waals surface area contributed by atoms with Crippen molar-refractivity contribution in [2.45, 2.75) is 69.6 Å². The van der Waals surface area contributed by atoms with E-state index in [0.717, 1.165) is 38.9 Å². The van der Waals surface area contributed by atoms with Crippen molar-refractivity contribution in [1.29, 1.82) is 0 Å². The molecule has 2 saturated heterocycles. The Morgan fingerprint density at radius 1 is 0.952 bits per heavy atom. The van der Waals surface area contributed by atoms with Crippen LogP contribution in [0.5, 0.6) is 0 Å². The predicted octanol–water partition coefficient (Wildman–Crippen LogP) is 3.57. The van der Waals surface area contributed by atoms with Crippen LogP contribution in [0.2, 0.25) is 0 Å². The van der Waals surface area contributed by atoms with Crippen LogP contribution in [0.15, 0.2) is 0 Å². The van der Waals surface area contributed by atoms with Gasteiger partial charge in [0.2, 0.25) is 0 Å². The minimum absolute atomic E-state index is 0.162. The summed E-state index contributed by atoms with van der Waals surface area (Å²) in [6.07, 6.45) is 3.24. The smallest absolute Gasteiger partial charge is 0.314 e. The quantitative estimate of drug-likeness (QED) is 0.839. The molecule has 0 radical (unpaired) electrons. The number of piperidine rings is 1. The van der Waals surface area contributed by atoms with Crippen LogP contribution in [-0.2, 0) is 0 Å². The van der Waals surface area contributed by atoms with Crippen LogP contribution in [0.4, 0.5) is 13.2 Å². The maximum absolute atomic E-state index is 13.0. The molecule has 2 nitrogen and oxygen atoms in total. The molecule has 21 heavy (non-hydrogen) atoms. The number of likely N-dealkylation sites (tertiary alicyclic amines) is 1. The normalized spacial score (nSPS) is 39.6. The van der Waals surface area contributed by atoms with Crippen molar-refractivity contribution in [1.82, 2.24) is 10.2 Å². The second-order valence-corrected chi connectivity index (χ2v) is 7.16. The largest absolute Gasteiger partial charge is 0.391 e. The molecule has 4 atom stereocenters. The molecule has 3 rings (SSSR count). The topological polar surface area (TPSA) is 15.3 Å². The fourth-order valence-electron chi connectivity index (χ4n) is 4.61. The SMILES string of the molecule is FC(F)(F)C1CCCC(N2CCCC(C3CCCN3)C2)C1. The lowest BCUT2D eigenvalue weighted by molar-refractivity contribution is -0.187. The highest BCUT2D eigenvalue weighted by molar-refractivity contribution is 4.90. The number of rotatable bonds is 2. The maximum atomic E-state index is 13.0. The molecule has 5 heteroatoms. The third-order valence-corrected chi connectivity index (χ3v) is 5.78. The van der Waals surface area contributed by atoms with Gasteiger partial charge in [0.05, 0.1) is 5.92 Å².